The van der Waals surface area contributed by atoms with Crippen LogP contribution in [0.15, 0.2) is 0 Å². The topological polar surface area (TPSA) is 55.4 Å². The fourth-order valence-corrected chi connectivity index (χ4v) is 4.03. The van der Waals surface area contributed by atoms with Crippen molar-refractivity contribution in [3.8, 4) is 0 Å². The Morgan fingerprint density at radius 2 is 1.90 bits per heavy atom. The lowest BCUT2D eigenvalue weighted by molar-refractivity contribution is 0.152. The molecule has 120 valence electrons. The molecule has 5 heteroatoms. The first-order valence-electron chi connectivity index (χ1n) is 7.94. The molecule has 0 radical (unpaired) electrons. The summed E-state index contributed by atoms with van der Waals surface area (Å²) in [4.78, 5) is 0. The molecular weight excluding hydrogens is 274 g/mol. The SMILES string of the molecule is CCS(=O)(=O)CCCC1(CNCCOC)CCCCC1. The van der Waals surface area contributed by atoms with Gasteiger partial charge in [0.1, 0.15) is 9.84 Å². The predicted octanol–water partition coefficient (Wildman–Crippen LogP) is 2.39. The minimum atomic E-state index is -2.82. The molecule has 1 fully saturated rings. The van der Waals surface area contributed by atoms with Gasteiger partial charge in [0.05, 0.1) is 12.4 Å². The van der Waals surface area contributed by atoms with Crippen molar-refractivity contribution in [2.45, 2.75) is 51.9 Å². The van der Waals surface area contributed by atoms with Crippen LogP contribution in [0.25, 0.3) is 0 Å². The van der Waals surface area contributed by atoms with E-state index in [1.165, 1.54) is 32.1 Å². The van der Waals surface area contributed by atoms with Crippen LogP contribution in [-0.2, 0) is 14.6 Å². The van der Waals surface area contributed by atoms with E-state index in [-0.39, 0.29) is 5.75 Å². The first-order chi connectivity index (χ1) is 9.54. The monoisotopic (exact) mass is 305 g/mol. The van der Waals surface area contributed by atoms with Gasteiger partial charge in [-0.05, 0) is 31.1 Å². The zero-order chi connectivity index (χ0) is 14.9. The average molecular weight is 305 g/mol. The van der Waals surface area contributed by atoms with Gasteiger partial charge in [-0.15, -0.1) is 0 Å². The van der Waals surface area contributed by atoms with Crippen molar-refractivity contribution in [2.75, 3.05) is 38.3 Å². The molecule has 0 unspecified atom stereocenters. The Morgan fingerprint density at radius 3 is 2.50 bits per heavy atom. The molecule has 1 aliphatic carbocycles. The second-order valence-electron chi connectivity index (χ2n) is 6.07. The Hall–Kier alpha value is -0.130. The first kappa shape index (κ1) is 17.9. The predicted molar refractivity (Wildman–Crippen MR) is 83.8 cm³/mol. The van der Waals surface area contributed by atoms with Gasteiger partial charge in [-0.2, -0.15) is 0 Å². The summed E-state index contributed by atoms with van der Waals surface area (Å²) in [6, 6.07) is 0. The van der Waals surface area contributed by atoms with Crippen LogP contribution < -0.4 is 5.32 Å². The highest BCUT2D eigenvalue weighted by Crippen LogP contribution is 2.39. The molecule has 0 heterocycles. The van der Waals surface area contributed by atoms with Crippen molar-refractivity contribution in [3.63, 3.8) is 0 Å². The van der Waals surface area contributed by atoms with Crippen LogP contribution in [0.1, 0.15) is 51.9 Å². The van der Waals surface area contributed by atoms with E-state index in [9.17, 15) is 8.42 Å². The molecule has 20 heavy (non-hydrogen) atoms. The summed E-state index contributed by atoms with van der Waals surface area (Å²) in [5.41, 5.74) is 0.315. The van der Waals surface area contributed by atoms with Gasteiger partial charge in [0.15, 0.2) is 0 Å². The second kappa shape index (κ2) is 9.00. The minimum Gasteiger partial charge on any atom is -0.383 e. The number of hydrogen-bond donors (Lipinski definition) is 1. The van der Waals surface area contributed by atoms with Gasteiger partial charge in [0, 0.05) is 26.0 Å². The summed E-state index contributed by atoms with van der Waals surface area (Å²) in [5, 5.41) is 3.48. The lowest BCUT2D eigenvalue weighted by Gasteiger charge is -2.38. The Kier molecular flexibility index (Phi) is 8.07. The molecule has 0 amide bonds. The van der Waals surface area contributed by atoms with E-state index < -0.39 is 9.84 Å². The summed E-state index contributed by atoms with van der Waals surface area (Å²) in [6.45, 7) is 4.35. The molecule has 0 atom stereocenters. The first-order valence-corrected chi connectivity index (χ1v) is 9.76. The standard InChI is InChI=1S/C15H31NO3S/c1-3-20(17,18)13-7-10-15(8-5-4-6-9-15)14-16-11-12-19-2/h16H,3-14H2,1-2H3. The smallest absolute Gasteiger partial charge is 0.150 e. The van der Waals surface area contributed by atoms with E-state index in [1.54, 1.807) is 14.0 Å². The van der Waals surface area contributed by atoms with Gasteiger partial charge in [-0.1, -0.05) is 26.2 Å². The fraction of sp³-hybridized carbons (Fsp3) is 1.00. The maximum Gasteiger partial charge on any atom is 0.150 e. The van der Waals surface area contributed by atoms with Gasteiger partial charge in [-0.3, -0.25) is 0 Å². The lowest BCUT2D eigenvalue weighted by Crippen LogP contribution is -2.37. The van der Waals surface area contributed by atoms with Crippen LogP contribution in [0.3, 0.4) is 0 Å². The van der Waals surface area contributed by atoms with Gasteiger partial charge < -0.3 is 10.1 Å². The van der Waals surface area contributed by atoms with E-state index in [2.05, 4.69) is 5.32 Å². The Balaban J connectivity index is 2.42. The zero-order valence-electron chi connectivity index (χ0n) is 13.1. The van der Waals surface area contributed by atoms with Crippen LogP contribution in [0.2, 0.25) is 0 Å². The van der Waals surface area contributed by atoms with Crippen molar-refractivity contribution in [1.29, 1.82) is 0 Å². The molecule has 0 saturated heterocycles. The van der Waals surface area contributed by atoms with Gasteiger partial charge >= 0.3 is 0 Å². The van der Waals surface area contributed by atoms with E-state index in [1.807, 2.05) is 0 Å². The van der Waals surface area contributed by atoms with Crippen LogP contribution >= 0.6 is 0 Å². The van der Waals surface area contributed by atoms with Crippen LogP contribution in [-0.4, -0.2) is 46.7 Å². The molecule has 1 aliphatic rings. The summed E-state index contributed by atoms with van der Waals surface area (Å²) in [7, 11) is -1.10. The molecule has 4 nitrogen and oxygen atoms in total. The third-order valence-electron chi connectivity index (χ3n) is 4.50. The minimum absolute atomic E-state index is 0.270. The van der Waals surface area contributed by atoms with E-state index in [0.29, 0.717) is 11.2 Å². The number of hydrogen-bond acceptors (Lipinski definition) is 4. The summed E-state index contributed by atoms with van der Waals surface area (Å²) < 4.78 is 28.3. The fourth-order valence-electron chi connectivity index (χ4n) is 3.16. The molecule has 0 bridgehead atoms. The molecule has 0 aromatic heterocycles. The molecule has 0 spiro atoms. The zero-order valence-corrected chi connectivity index (χ0v) is 13.9. The second-order valence-corrected chi connectivity index (χ2v) is 8.54. The largest absolute Gasteiger partial charge is 0.383 e. The number of sulfone groups is 1. The molecule has 1 saturated carbocycles. The Morgan fingerprint density at radius 1 is 1.20 bits per heavy atom. The molecular formula is C15H31NO3S. The molecule has 0 aliphatic heterocycles. The van der Waals surface area contributed by atoms with Crippen LogP contribution in [0, 0.1) is 5.41 Å². The number of rotatable bonds is 10. The lowest BCUT2D eigenvalue weighted by atomic mass is 9.71. The number of nitrogens with one attached hydrogen (secondary N) is 1. The summed E-state index contributed by atoms with van der Waals surface area (Å²) in [5.74, 6) is 0.620. The molecule has 1 N–H and O–H groups in total. The van der Waals surface area contributed by atoms with E-state index >= 15 is 0 Å². The Bertz CT molecular complexity index is 348. The van der Waals surface area contributed by atoms with Gasteiger partial charge in [0.2, 0.25) is 0 Å². The van der Waals surface area contributed by atoms with E-state index in [4.69, 9.17) is 4.74 Å². The molecule has 0 aromatic rings. The maximum atomic E-state index is 11.6. The van der Waals surface area contributed by atoms with Gasteiger partial charge in [-0.25, -0.2) is 8.42 Å². The van der Waals surface area contributed by atoms with E-state index in [0.717, 1.165) is 32.5 Å². The van der Waals surface area contributed by atoms with Crippen molar-refractivity contribution >= 4 is 9.84 Å². The normalized spacial score (nSPS) is 19.1. The highest BCUT2D eigenvalue weighted by atomic mass is 32.2. The Labute approximate surface area is 124 Å². The van der Waals surface area contributed by atoms with Crippen LogP contribution in [0.5, 0.6) is 0 Å². The molecule has 0 aromatic carbocycles. The maximum absolute atomic E-state index is 11.6. The highest BCUT2D eigenvalue weighted by Gasteiger charge is 2.31. The van der Waals surface area contributed by atoms with Gasteiger partial charge in [0.25, 0.3) is 0 Å². The van der Waals surface area contributed by atoms with Crippen LogP contribution in [0.4, 0.5) is 0 Å². The van der Waals surface area contributed by atoms with Crippen molar-refractivity contribution in [1.82, 2.24) is 5.32 Å². The highest BCUT2D eigenvalue weighted by molar-refractivity contribution is 7.91. The summed E-state index contributed by atoms with van der Waals surface area (Å²) >= 11 is 0. The molecule has 1 rings (SSSR count). The third-order valence-corrected chi connectivity index (χ3v) is 6.29. The number of methoxy groups -OCH3 is 1. The van der Waals surface area contributed by atoms with Crippen molar-refractivity contribution < 1.29 is 13.2 Å². The quantitative estimate of drug-likeness (QED) is 0.630. The average Bonchev–Trinajstić information content (AvgIpc) is 2.45. The number of ether oxygens (including phenoxy) is 1. The van der Waals surface area contributed by atoms with Crippen molar-refractivity contribution in [3.05, 3.63) is 0 Å². The van der Waals surface area contributed by atoms with Crippen molar-refractivity contribution in [2.24, 2.45) is 5.41 Å². The third kappa shape index (κ3) is 6.55. The summed E-state index contributed by atoms with van der Waals surface area (Å²) in [6.07, 6.45) is 8.21.